The molecule has 1 fully saturated rings. The van der Waals surface area contributed by atoms with Gasteiger partial charge in [-0.05, 0) is 61.9 Å². The van der Waals surface area contributed by atoms with E-state index in [4.69, 9.17) is 9.47 Å². The van der Waals surface area contributed by atoms with E-state index < -0.39 is 0 Å². The van der Waals surface area contributed by atoms with Gasteiger partial charge in [0.2, 0.25) is 0 Å². The van der Waals surface area contributed by atoms with E-state index >= 15 is 0 Å². The van der Waals surface area contributed by atoms with Crippen molar-refractivity contribution >= 4 is 28.5 Å². The number of halogens is 1. The Bertz CT molecular complexity index is 599. The number of amides is 1. The maximum atomic E-state index is 13.0. The van der Waals surface area contributed by atoms with Gasteiger partial charge in [0.15, 0.2) is 11.5 Å². The summed E-state index contributed by atoms with van der Waals surface area (Å²) in [7, 11) is 3.19. The van der Waals surface area contributed by atoms with E-state index in [0.29, 0.717) is 17.1 Å². The molecule has 0 aromatic heterocycles. The van der Waals surface area contributed by atoms with E-state index in [9.17, 15) is 4.79 Å². The molecule has 0 bridgehead atoms. The summed E-state index contributed by atoms with van der Waals surface area (Å²) >= 11 is 2.19. The third-order valence-electron chi connectivity index (χ3n) is 4.44. The third kappa shape index (κ3) is 4.33. The van der Waals surface area contributed by atoms with Crippen LogP contribution in [0.3, 0.4) is 0 Å². The predicted octanol–water partition coefficient (Wildman–Crippen LogP) is 3.25. The average molecular weight is 446 g/mol. The summed E-state index contributed by atoms with van der Waals surface area (Å²) in [6.07, 6.45) is 0.993. The van der Waals surface area contributed by atoms with Gasteiger partial charge in [0.05, 0.1) is 19.8 Å². The number of benzene rings is 1. The number of ether oxygens (including phenoxy) is 2. The molecule has 24 heavy (non-hydrogen) atoms. The number of methoxy groups -OCH3 is 2. The van der Waals surface area contributed by atoms with Gasteiger partial charge in [-0.25, -0.2) is 0 Å². The molecule has 134 valence electrons. The first kappa shape index (κ1) is 19.3. The van der Waals surface area contributed by atoms with Gasteiger partial charge >= 0.3 is 0 Å². The summed E-state index contributed by atoms with van der Waals surface area (Å²) in [6, 6.07) is 3.64. The molecule has 0 unspecified atom stereocenters. The Balaban J connectivity index is 2.20. The van der Waals surface area contributed by atoms with Gasteiger partial charge in [-0.3, -0.25) is 9.69 Å². The highest BCUT2D eigenvalue weighted by Gasteiger charge is 2.27. The van der Waals surface area contributed by atoms with E-state index in [2.05, 4.69) is 48.3 Å². The highest BCUT2D eigenvalue weighted by atomic mass is 127. The van der Waals surface area contributed by atoms with Crippen LogP contribution in [0.2, 0.25) is 0 Å². The number of carbonyl (C=O) groups is 1. The van der Waals surface area contributed by atoms with Gasteiger partial charge in [0, 0.05) is 35.3 Å². The van der Waals surface area contributed by atoms with Crippen molar-refractivity contribution in [2.24, 2.45) is 0 Å². The zero-order chi connectivity index (χ0) is 17.9. The van der Waals surface area contributed by atoms with Crippen LogP contribution in [0, 0.1) is 3.57 Å². The summed E-state index contributed by atoms with van der Waals surface area (Å²) in [6.45, 7) is 10.1. The molecule has 6 heteroatoms. The summed E-state index contributed by atoms with van der Waals surface area (Å²) in [5.74, 6) is 1.30. The molecule has 1 saturated heterocycles. The molecule has 0 N–H and O–H groups in total. The molecular weight excluding hydrogens is 419 g/mol. The highest BCUT2D eigenvalue weighted by Crippen LogP contribution is 2.32. The van der Waals surface area contributed by atoms with Gasteiger partial charge in [-0.2, -0.15) is 0 Å². The lowest BCUT2D eigenvalue weighted by Gasteiger charge is -2.34. The lowest BCUT2D eigenvalue weighted by atomic mass is 10.1. The van der Waals surface area contributed by atoms with E-state index in [-0.39, 0.29) is 11.4 Å². The zero-order valence-corrected chi connectivity index (χ0v) is 17.3. The van der Waals surface area contributed by atoms with E-state index in [1.54, 1.807) is 20.3 Å². The van der Waals surface area contributed by atoms with Gasteiger partial charge in [0.1, 0.15) is 0 Å². The fourth-order valence-electron chi connectivity index (χ4n) is 2.98. The van der Waals surface area contributed by atoms with Crippen LogP contribution in [0.1, 0.15) is 37.6 Å². The Labute approximate surface area is 158 Å². The van der Waals surface area contributed by atoms with E-state index in [1.165, 1.54) is 0 Å². The van der Waals surface area contributed by atoms with E-state index in [1.807, 2.05) is 11.0 Å². The smallest absolute Gasteiger partial charge is 0.255 e. The topological polar surface area (TPSA) is 42.0 Å². The summed E-state index contributed by atoms with van der Waals surface area (Å²) in [4.78, 5) is 17.4. The molecule has 1 heterocycles. The normalized spacial score (nSPS) is 16.7. The number of hydrogen-bond donors (Lipinski definition) is 0. The fourth-order valence-corrected chi connectivity index (χ4v) is 3.65. The second-order valence-electron chi connectivity index (χ2n) is 6.99. The minimum atomic E-state index is 0.0658. The maximum absolute atomic E-state index is 13.0. The Morgan fingerprint density at radius 3 is 2.25 bits per heavy atom. The first-order valence-electron chi connectivity index (χ1n) is 8.23. The number of carbonyl (C=O) groups excluding carboxylic acids is 1. The molecule has 5 nitrogen and oxygen atoms in total. The number of nitrogens with zero attached hydrogens (tertiary/aromatic N) is 2. The monoisotopic (exact) mass is 446 g/mol. The molecular formula is C18H27IN2O3. The van der Waals surface area contributed by atoms with Crippen molar-refractivity contribution in [1.82, 2.24) is 9.80 Å². The Hall–Kier alpha value is -1.02. The Kier molecular flexibility index (Phi) is 6.36. The SMILES string of the molecule is COc1cc(I)c(C(=O)N2CCCN(C(C)(C)C)CC2)cc1OC. The average Bonchev–Trinajstić information content (AvgIpc) is 2.79. The molecule has 2 rings (SSSR count). The Morgan fingerprint density at radius 2 is 1.67 bits per heavy atom. The second-order valence-corrected chi connectivity index (χ2v) is 8.15. The standard InChI is InChI=1S/C18H27IN2O3/c1-18(2,3)21-8-6-7-20(9-10-21)17(22)13-11-15(23-4)16(24-5)12-14(13)19/h11-12H,6-10H2,1-5H3. The van der Waals surface area contributed by atoms with E-state index in [0.717, 1.165) is 36.2 Å². The molecule has 0 spiro atoms. The van der Waals surface area contributed by atoms with Crippen molar-refractivity contribution in [3.05, 3.63) is 21.3 Å². The van der Waals surface area contributed by atoms with Crippen molar-refractivity contribution in [2.75, 3.05) is 40.4 Å². The Morgan fingerprint density at radius 1 is 1.04 bits per heavy atom. The zero-order valence-electron chi connectivity index (χ0n) is 15.2. The summed E-state index contributed by atoms with van der Waals surface area (Å²) < 4.78 is 11.5. The minimum absolute atomic E-state index is 0.0658. The first-order valence-corrected chi connectivity index (χ1v) is 9.31. The molecule has 1 aliphatic rings. The quantitative estimate of drug-likeness (QED) is 0.669. The maximum Gasteiger partial charge on any atom is 0.255 e. The lowest BCUT2D eigenvalue weighted by Crippen LogP contribution is -2.44. The number of rotatable bonds is 3. The van der Waals surface area contributed by atoms with Crippen LogP contribution in [-0.4, -0.2) is 61.6 Å². The van der Waals surface area contributed by atoms with Crippen LogP contribution >= 0.6 is 22.6 Å². The molecule has 1 aromatic rings. The van der Waals surface area contributed by atoms with Crippen molar-refractivity contribution in [3.63, 3.8) is 0 Å². The van der Waals surface area contributed by atoms with Crippen molar-refractivity contribution in [1.29, 1.82) is 0 Å². The third-order valence-corrected chi connectivity index (χ3v) is 5.33. The minimum Gasteiger partial charge on any atom is -0.493 e. The number of hydrogen-bond acceptors (Lipinski definition) is 4. The van der Waals surface area contributed by atoms with Crippen LogP contribution in [0.15, 0.2) is 12.1 Å². The molecule has 1 aliphatic heterocycles. The molecule has 0 aliphatic carbocycles. The van der Waals surface area contributed by atoms with Gasteiger partial charge in [-0.1, -0.05) is 0 Å². The second kappa shape index (κ2) is 7.91. The van der Waals surface area contributed by atoms with Crippen molar-refractivity contribution < 1.29 is 14.3 Å². The van der Waals surface area contributed by atoms with Crippen LogP contribution < -0.4 is 9.47 Å². The molecule has 0 saturated carbocycles. The van der Waals surface area contributed by atoms with Crippen molar-refractivity contribution in [3.8, 4) is 11.5 Å². The van der Waals surface area contributed by atoms with Gasteiger partial charge in [-0.15, -0.1) is 0 Å². The first-order chi connectivity index (χ1) is 11.3. The van der Waals surface area contributed by atoms with Crippen LogP contribution in [0.4, 0.5) is 0 Å². The summed E-state index contributed by atoms with van der Waals surface area (Å²) in [5.41, 5.74) is 0.814. The largest absolute Gasteiger partial charge is 0.493 e. The molecule has 0 radical (unpaired) electrons. The van der Waals surface area contributed by atoms with Crippen LogP contribution in [-0.2, 0) is 0 Å². The molecule has 1 amide bonds. The van der Waals surface area contributed by atoms with Crippen LogP contribution in [0.25, 0.3) is 0 Å². The summed E-state index contributed by atoms with van der Waals surface area (Å²) in [5, 5.41) is 0. The van der Waals surface area contributed by atoms with Crippen molar-refractivity contribution in [2.45, 2.75) is 32.7 Å². The molecule has 0 atom stereocenters. The van der Waals surface area contributed by atoms with Crippen LogP contribution in [0.5, 0.6) is 11.5 Å². The molecule has 1 aromatic carbocycles. The predicted molar refractivity (Wildman–Crippen MR) is 104 cm³/mol. The lowest BCUT2D eigenvalue weighted by molar-refractivity contribution is 0.0748. The highest BCUT2D eigenvalue weighted by molar-refractivity contribution is 14.1. The van der Waals surface area contributed by atoms with Gasteiger partial charge in [0.25, 0.3) is 5.91 Å². The van der Waals surface area contributed by atoms with Gasteiger partial charge < -0.3 is 14.4 Å². The fraction of sp³-hybridized carbons (Fsp3) is 0.611.